The molecule has 0 unspecified atom stereocenters. The van der Waals surface area contributed by atoms with Crippen LogP contribution in [-0.2, 0) is 14.3 Å². The van der Waals surface area contributed by atoms with Crippen LogP contribution >= 0.6 is 0 Å². The third-order valence-corrected chi connectivity index (χ3v) is 5.20. The summed E-state index contributed by atoms with van der Waals surface area (Å²) in [5, 5.41) is 0. The molecule has 0 spiro atoms. The number of aryl methyl sites for hydroxylation is 1. The van der Waals surface area contributed by atoms with E-state index in [9.17, 15) is 4.79 Å². The number of carbonyl (C=O) groups excluding carboxylic acids is 1. The lowest BCUT2D eigenvalue weighted by molar-refractivity contribution is -0.129. The van der Waals surface area contributed by atoms with E-state index in [1.165, 1.54) is 0 Å². The number of nitrogens with zero attached hydrogens (tertiary/aromatic N) is 1. The van der Waals surface area contributed by atoms with Crippen LogP contribution in [0.25, 0.3) is 6.08 Å². The van der Waals surface area contributed by atoms with Crippen molar-refractivity contribution in [3.63, 3.8) is 0 Å². The first-order valence-electron chi connectivity index (χ1n) is 11.3. The summed E-state index contributed by atoms with van der Waals surface area (Å²) in [6.07, 6.45) is 1.65. The molecule has 7 heteroatoms. The van der Waals surface area contributed by atoms with E-state index in [1.54, 1.807) is 25.3 Å². The number of benzene rings is 3. The maximum atomic E-state index is 12.2. The Balaban J connectivity index is 1.28. The van der Waals surface area contributed by atoms with Gasteiger partial charge in [-0.3, -0.25) is 0 Å². The highest BCUT2D eigenvalue weighted by Crippen LogP contribution is 2.30. The normalized spacial score (nSPS) is 13.9. The number of hydrogen-bond donors (Lipinski definition) is 0. The number of para-hydroxylation sites is 1. The van der Waals surface area contributed by atoms with Gasteiger partial charge in [0.05, 0.1) is 20.3 Å². The maximum absolute atomic E-state index is 12.2. The fraction of sp³-hybridized carbons (Fsp3) is 0.214. The van der Waals surface area contributed by atoms with Crippen LogP contribution < -0.4 is 14.2 Å². The maximum Gasteiger partial charge on any atom is 0.363 e. The van der Waals surface area contributed by atoms with Crippen LogP contribution in [0.1, 0.15) is 16.7 Å². The van der Waals surface area contributed by atoms with Gasteiger partial charge < -0.3 is 23.7 Å². The topological polar surface area (TPSA) is 75.6 Å². The van der Waals surface area contributed by atoms with Gasteiger partial charge in [0.25, 0.3) is 0 Å². The standard InChI is InChI=1S/C28H27NO6/c1-20-8-6-7-11-24(20)33-16-14-32-15-17-34-25-13-12-21(19-26(25)31-2)18-23-28(30)35-27(29-23)22-9-4-3-5-10-22/h3-13,18-19H,14-17H2,1-2H3/b23-18-. The van der Waals surface area contributed by atoms with Gasteiger partial charge in [0.15, 0.2) is 17.2 Å². The van der Waals surface area contributed by atoms with Crippen molar-refractivity contribution in [3.05, 3.63) is 95.2 Å². The summed E-state index contributed by atoms with van der Waals surface area (Å²) in [4.78, 5) is 16.6. The Morgan fingerprint density at radius 2 is 1.54 bits per heavy atom. The van der Waals surface area contributed by atoms with Crippen LogP contribution in [0, 0.1) is 6.92 Å². The van der Waals surface area contributed by atoms with Gasteiger partial charge in [-0.05, 0) is 54.5 Å². The monoisotopic (exact) mass is 473 g/mol. The van der Waals surface area contributed by atoms with Crippen molar-refractivity contribution in [2.45, 2.75) is 6.92 Å². The molecular formula is C28H27NO6. The van der Waals surface area contributed by atoms with E-state index in [0.29, 0.717) is 37.9 Å². The third-order valence-electron chi connectivity index (χ3n) is 5.20. The quantitative estimate of drug-likeness (QED) is 0.226. The zero-order chi connectivity index (χ0) is 24.5. The molecule has 180 valence electrons. The minimum atomic E-state index is -0.494. The van der Waals surface area contributed by atoms with Crippen LogP contribution in [0.2, 0.25) is 0 Å². The summed E-state index contributed by atoms with van der Waals surface area (Å²) < 4.78 is 27.9. The minimum Gasteiger partial charge on any atom is -0.493 e. The summed E-state index contributed by atoms with van der Waals surface area (Å²) in [5.41, 5.74) is 2.80. The Morgan fingerprint density at radius 3 is 2.29 bits per heavy atom. The summed E-state index contributed by atoms with van der Waals surface area (Å²) in [5.74, 6) is 1.78. The van der Waals surface area contributed by atoms with Crippen molar-refractivity contribution in [2.75, 3.05) is 33.5 Å². The number of hydrogen-bond acceptors (Lipinski definition) is 7. The van der Waals surface area contributed by atoms with Crippen molar-refractivity contribution >= 4 is 17.9 Å². The second-order valence-electron chi connectivity index (χ2n) is 7.69. The van der Waals surface area contributed by atoms with Gasteiger partial charge >= 0.3 is 5.97 Å². The predicted octanol–water partition coefficient (Wildman–Crippen LogP) is 4.82. The van der Waals surface area contributed by atoms with Gasteiger partial charge in [-0.25, -0.2) is 9.79 Å². The molecule has 1 heterocycles. The van der Waals surface area contributed by atoms with Gasteiger partial charge in [-0.1, -0.05) is 42.5 Å². The minimum absolute atomic E-state index is 0.223. The zero-order valence-corrected chi connectivity index (χ0v) is 19.7. The van der Waals surface area contributed by atoms with Crippen LogP contribution in [0.3, 0.4) is 0 Å². The lowest BCUT2D eigenvalue weighted by Crippen LogP contribution is -2.12. The number of cyclic esters (lactones) is 1. The molecule has 0 N–H and O–H groups in total. The Kier molecular flexibility index (Phi) is 8.14. The average molecular weight is 474 g/mol. The first-order valence-corrected chi connectivity index (χ1v) is 11.3. The Morgan fingerprint density at radius 1 is 0.829 bits per heavy atom. The second kappa shape index (κ2) is 11.9. The zero-order valence-electron chi connectivity index (χ0n) is 19.7. The predicted molar refractivity (Wildman–Crippen MR) is 133 cm³/mol. The van der Waals surface area contributed by atoms with Gasteiger partial charge in [-0.15, -0.1) is 0 Å². The summed E-state index contributed by atoms with van der Waals surface area (Å²) in [6, 6.07) is 22.6. The van der Waals surface area contributed by atoms with Crippen LogP contribution in [0.5, 0.6) is 17.2 Å². The highest BCUT2D eigenvalue weighted by molar-refractivity contribution is 6.12. The van der Waals surface area contributed by atoms with Crippen molar-refractivity contribution in [3.8, 4) is 17.2 Å². The highest BCUT2D eigenvalue weighted by Gasteiger charge is 2.24. The van der Waals surface area contributed by atoms with Crippen molar-refractivity contribution in [1.29, 1.82) is 0 Å². The molecular weight excluding hydrogens is 446 g/mol. The fourth-order valence-corrected chi connectivity index (χ4v) is 3.41. The number of rotatable bonds is 11. The van der Waals surface area contributed by atoms with Gasteiger partial charge in [0, 0.05) is 5.56 Å². The molecule has 0 saturated carbocycles. The summed E-state index contributed by atoms with van der Waals surface area (Å²) in [7, 11) is 1.56. The van der Waals surface area contributed by atoms with Gasteiger partial charge in [0.2, 0.25) is 5.90 Å². The van der Waals surface area contributed by atoms with Crippen molar-refractivity contribution < 1.29 is 28.5 Å². The van der Waals surface area contributed by atoms with E-state index in [4.69, 9.17) is 23.7 Å². The summed E-state index contributed by atoms with van der Waals surface area (Å²) >= 11 is 0. The fourth-order valence-electron chi connectivity index (χ4n) is 3.41. The van der Waals surface area contributed by atoms with E-state index >= 15 is 0 Å². The van der Waals surface area contributed by atoms with E-state index in [2.05, 4.69) is 4.99 Å². The molecule has 0 bridgehead atoms. The van der Waals surface area contributed by atoms with Gasteiger partial charge in [0.1, 0.15) is 19.0 Å². The lowest BCUT2D eigenvalue weighted by Gasteiger charge is -2.12. The van der Waals surface area contributed by atoms with Crippen LogP contribution in [0.4, 0.5) is 0 Å². The second-order valence-corrected chi connectivity index (χ2v) is 7.69. The number of ether oxygens (including phenoxy) is 5. The number of carbonyl (C=O) groups is 1. The van der Waals surface area contributed by atoms with E-state index in [0.717, 1.165) is 22.4 Å². The Labute approximate surface area is 204 Å². The van der Waals surface area contributed by atoms with E-state index in [1.807, 2.05) is 67.6 Å². The van der Waals surface area contributed by atoms with Crippen molar-refractivity contribution in [2.24, 2.45) is 4.99 Å². The molecule has 0 atom stereocenters. The SMILES string of the molecule is COc1cc(/C=C2\N=C(c3ccccc3)OC2=O)ccc1OCCOCCOc1ccccc1C. The number of methoxy groups -OCH3 is 1. The number of esters is 1. The molecule has 3 aromatic rings. The van der Waals surface area contributed by atoms with Crippen LogP contribution in [0.15, 0.2) is 83.5 Å². The highest BCUT2D eigenvalue weighted by atomic mass is 16.6. The molecule has 1 aliphatic rings. The molecule has 3 aromatic carbocycles. The molecule has 0 saturated heterocycles. The molecule has 35 heavy (non-hydrogen) atoms. The molecule has 1 aliphatic heterocycles. The molecule has 0 radical (unpaired) electrons. The molecule has 4 rings (SSSR count). The van der Waals surface area contributed by atoms with Crippen molar-refractivity contribution in [1.82, 2.24) is 0 Å². The molecule has 0 aromatic heterocycles. The van der Waals surface area contributed by atoms with Crippen LogP contribution in [-0.4, -0.2) is 45.4 Å². The Hall–Kier alpha value is -4.10. The van der Waals surface area contributed by atoms with E-state index < -0.39 is 5.97 Å². The first-order chi connectivity index (χ1) is 17.1. The summed E-state index contributed by atoms with van der Waals surface area (Å²) in [6.45, 7) is 3.71. The lowest BCUT2D eigenvalue weighted by atomic mass is 10.1. The van der Waals surface area contributed by atoms with E-state index in [-0.39, 0.29) is 11.6 Å². The third kappa shape index (κ3) is 6.49. The van der Waals surface area contributed by atoms with Gasteiger partial charge in [-0.2, -0.15) is 0 Å². The smallest absolute Gasteiger partial charge is 0.363 e. The largest absolute Gasteiger partial charge is 0.493 e. The molecule has 0 fully saturated rings. The Bertz CT molecular complexity index is 1220. The molecule has 0 amide bonds. The molecule has 0 aliphatic carbocycles. The first kappa shape index (κ1) is 24.0. The molecule has 7 nitrogen and oxygen atoms in total. The number of aliphatic imine (C=N–C) groups is 1. The average Bonchev–Trinajstić information content (AvgIpc) is 3.25.